The number of para-hydroxylation sites is 1. The van der Waals surface area contributed by atoms with E-state index in [1.807, 2.05) is 54.6 Å². The van der Waals surface area contributed by atoms with Crippen molar-refractivity contribution in [3.63, 3.8) is 0 Å². The number of carbonyl (C=O) groups is 1. The van der Waals surface area contributed by atoms with Gasteiger partial charge in [0.25, 0.3) is 5.91 Å². The van der Waals surface area contributed by atoms with Gasteiger partial charge in [-0.25, -0.2) is 4.79 Å². The fourth-order valence-corrected chi connectivity index (χ4v) is 3.71. The van der Waals surface area contributed by atoms with Crippen molar-refractivity contribution in [3.8, 4) is 11.5 Å². The molecular formula is C27H20N2O5. The SMILES string of the molecule is COc1cc2cc(NC(=O)c3ccnc4ccccc34)c(=O)oc2cc1OCc1ccccc1. The van der Waals surface area contributed by atoms with E-state index in [1.165, 1.54) is 7.11 Å². The van der Waals surface area contributed by atoms with E-state index in [2.05, 4.69) is 10.3 Å². The summed E-state index contributed by atoms with van der Waals surface area (Å²) >= 11 is 0. The first-order valence-electron chi connectivity index (χ1n) is 10.6. The predicted molar refractivity (Wildman–Crippen MR) is 130 cm³/mol. The zero-order valence-corrected chi connectivity index (χ0v) is 18.3. The smallest absolute Gasteiger partial charge is 0.360 e. The maximum atomic E-state index is 12.9. The number of amides is 1. The summed E-state index contributed by atoms with van der Waals surface area (Å²) in [5, 5.41) is 3.94. The van der Waals surface area contributed by atoms with E-state index in [0.717, 1.165) is 5.56 Å². The van der Waals surface area contributed by atoms with Crippen molar-refractivity contribution >= 4 is 33.5 Å². The lowest BCUT2D eigenvalue weighted by atomic mass is 10.1. The van der Waals surface area contributed by atoms with E-state index in [9.17, 15) is 9.59 Å². The standard InChI is InChI=1S/C27H20N2O5/c1-32-24-14-18-13-22(29-26(30)20-11-12-28-21-10-6-5-9-19(20)21)27(31)34-23(18)15-25(24)33-16-17-7-3-2-4-8-17/h2-15H,16H2,1H3,(H,29,30). The minimum atomic E-state index is -0.668. The van der Waals surface area contributed by atoms with Crippen LogP contribution >= 0.6 is 0 Å². The number of methoxy groups -OCH3 is 1. The van der Waals surface area contributed by atoms with Crippen LogP contribution in [0.5, 0.6) is 11.5 Å². The molecule has 1 N–H and O–H groups in total. The Hall–Kier alpha value is -4.65. The first-order valence-corrected chi connectivity index (χ1v) is 10.6. The number of hydrogen-bond donors (Lipinski definition) is 1. The van der Waals surface area contributed by atoms with Crippen molar-refractivity contribution in [2.75, 3.05) is 12.4 Å². The first-order chi connectivity index (χ1) is 16.6. The van der Waals surface area contributed by atoms with Gasteiger partial charge in [-0.15, -0.1) is 0 Å². The predicted octanol–water partition coefficient (Wildman–Crippen LogP) is 5.18. The van der Waals surface area contributed by atoms with E-state index in [1.54, 1.807) is 30.5 Å². The van der Waals surface area contributed by atoms with Gasteiger partial charge in [-0.2, -0.15) is 0 Å². The lowest BCUT2D eigenvalue weighted by Crippen LogP contribution is -2.18. The molecule has 0 radical (unpaired) electrons. The number of pyridine rings is 1. The molecule has 2 heterocycles. The zero-order chi connectivity index (χ0) is 23.5. The number of anilines is 1. The lowest BCUT2D eigenvalue weighted by Gasteiger charge is -2.12. The Labute approximate surface area is 194 Å². The molecule has 5 rings (SSSR count). The van der Waals surface area contributed by atoms with Gasteiger partial charge in [-0.05, 0) is 29.8 Å². The molecule has 5 aromatic rings. The third kappa shape index (κ3) is 4.19. The highest BCUT2D eigenvalue weighted by molar-refractivity contribution is 6.12. The summed E-state index contributed by atoms with van der Waals surface area (Å²) in [5.74, 6) is 0.497. The van der Waals surface area contributed by atoms with Gasteiger partial charge in [0, 0.05) is 23.0 Å². The van der Waals surface area contributed by atoms with Gasteiger partial charge in [-0.3, -0.25) is 9.78 Å². The van der Waals surface area contributed by atoms with Crippen molar-refractivity contribution in [3.05, 3.63) is 107 Å². The van der Waals surface area contributed by atoms with Gasteiger partial charge >= 0.3 is 5.63 Å². The van der Waals surface area contributed by atoms with Crippen molar-refractivity contribution in [2.45, 2.75) is 6.61 Å². The van der Waals surface area contributed by atoms with Crippen molar-refractivity contribution in [2.24, 2.45) is 0 Å². The number of ether oxygens (including phenoxy) is 2. The molecule has 7 heteroatoms. The zero-order valence-electron chi connectivity index (χ0n) is 18.3. The molecule has 0 unspecified atom stereocenters. The third-order valence-electron chi connectivity index (χ3n) is 5.40. The normalized spacial score (nSPS) is 10.9. The second-order valence-electron chi connectivity index (χ2n) is 7.59. The molecule has 0 bridgehead atoms. The summed E-state index contributed by atoms with van der Waals surface area (Å²) in [6.45, 7) is 0.334. The minimum Gasteiger partial charge on any atom is -0.493 e. The van der Waals surface area contributed by atoms with E-state index < -0.39 is 11.5 Å². The molecule has 3 aromatic carbocycles. The van der Waals surface area contributed by atoms with E-state index in [4.69, 9.17) is 13.9 Å². The Bertz CT molecular complexity index is 1560. The maximum absolute atomic E-state index is 12.9. The van der Waals surface area contributed by atoms with Crippen LogP contribution in [0.4, 0.5) is 5.69 Å². The minimum absolute atomic E-state index is 0.0263. The maximum Gasteiger partial charge on any atom is 0.360 e. The van der Waals surface area contributed by atoms with E-state index in [0.29, 0.717) is 45.5 Å². The molecule has 0 saturated carbocycles. The second-order valence-corrected chi connectivity index (χ2v) is 7.59. The largest absolute Gasteiger partial charge is 0.493 e. The number of nitrogens with zero attached hydrogens (tertiary/aromatic N) is 1. The molecule has 1 amide bonds. The summed E-state index contributed by atoms with van der Waals surface area (Å²) in [4.78, 5) is 29.9. The summed E-state index contributed by atoms with van der Waals surface area (Å²) in [6, 6.07) is 23.5. The van der Waals surface area contributed by atoms with Gasteiger partial charge in [0.15, 0.2) is 11.5 Å². The Balaban J connectivity index is 1.45. The van der Waals surface area contributed by atoms with Crippen molar-refractivity contribution < 1.29 is 18.7 Å². The molecular weight excluding hydrogens is 432 g/mol. The molecule has 0 atom stereocenters. The molecule has 2 aromatic heterocycles. The average molecular weight is 452 g/mol. The third-order valence-corrected chi connectivity index (χ3v) is 5.40. The molecule has 0 aliphatic heterocycles. The summed E-state index contributed by atoms with van der Waals surface area (Å²) in [5.41, 5.74) is 1.77. The summed E-state index contributed by atoms with van der Waals surface area (Å²) in [6.07, 6.45) is 1.56. The topological polar surface area (TPSA) is 90.7 Å². The molecule has 0 fully saturated rings. The van der Waals surface area contributed by atoms with Crippen LogP contribution in [0.2, 0.25) is 0 Å². The molecule has 34 heavy (non-hydrogen) atoms. The number of nitrogens with one attached hydrogen (secondary N) is 1. The van der Waals surface area contributed by atoms with Crippen LogP contribution < -0.4 is 20.4 Å². The average Bonchev–Trinajstić information content (AvgIpc) is 2.87. The Morgan fingerprint density at radius 3 is 2.59 bits per heavy atom. The molecule has 0 spiro atoms. The Kier molecular flexibility index (Phi) is 5.66. The quantitative estimate of drug-likeness (QED) is 0.357. The number of hydrogen-bond acceptors (Lipinski definition) is 6. The molecule has 168 valence electrons. The number of benzene rings is 3. The highest BCUT2D eigenvalue weighted by Gasteiger charge is 2.16. The summed E-state index contributed by atoms with van der Waals surface area (Å²) < 4.78 is 16.9. The Morgan fingerprint density at radius 1 is 0.971 bits per heavy atom. The highest BCUT2D eigenvalue weighted by atomic mass is 16.5. The van der Waals surface area contributed by atoms with Crippen LogP contribution in [0, 0.1) is 0 Å². The van der Waals surface area contributed by atoms with Crippen LogP contribution in [-0.4, -0.2) is 18.0 Å². The van der Waals surface area contributed by atoms with Gasteiger partial charge < -0.3 is 19.2 Å². The molecule has 7 nitrogen and oxygen atoms in total. The van der Waals surface area contributed by atoms with Crippen LogP contribution in [-0.2, 0) is 6.61 Å². The lowest BCUT2D eigenvalue weighted by molar-refractivity contribution is 0.102. The van der Waals surface area contributed by atoms with E-state index in [-0.39, 0.29) is 5.69 Å². The number of carbonyl (C=O) groups excluding carboxylic acids is 1. The van der Waals surface area contributed by atoms with Crippen LogP contribution in [0.15, 0.2) is 94.3 Å². The summed E-state index contributed by atoms with van der Waals surface area (Å²) in [7, 11) is 1.53. The van der Waals surface area contributed by atoms with Crippen LogP contribution in [0.1, 0.15) is 15.9 Å². The molecule has 0 aliphatic rings. The highest BCUT2D eigenvalue weighted by Crippen LogP contribution is 2.33. The van der Waals surface area contributed by atoms with Gasteiger partial charge in [0.2, 0.25) is 0 Å². The molecule has 0 saturated heterocycles. The molecule has 0 aliphatic carbocycles. The fraction of sp³-hybridized carbons (Fsp3) is 0.0741. The van der Waals surface area contributed by atoms with E-state index >= 15 is 0 Å². The number of rotatable bonds is 6. The van der Waals surface area contributed by atoms with Gasteiger partial charge in [0.05, 0.1) is 18.2 Å². The van der Waals surface area contributed by atoms with Gasteiger partial charge in [-0.1, -0.05) is 48.5 Å². The second kappa shape index (κ2) is 9.07. The fourth-order valence-electron chi connectivity index (χ4n) is 3.71. The number of fused-ring (bicyclic) bond motifs is 2. The van der Waals surface area contributed by atoms with Gasteiger partial charge in [0.1, 0.15) is 17.9 Å². The van der Waals surface area contributed by atoms with Crippen molar-refractivity contribution in [1.29, 1.82) is 0 Å². The first kappa shape index (κ1) is 21.2. The Morgan fingerprint density at radius 2 is 1.76 bits per heavy atom. The number of aromatic nitrogens is 1. The van der Waals surface area contributed by atoms with Crippen LogP contribution in [0.3, 0.4) is 0 Å². The van der Waals surface area contributed by atoms with Crippen molar-refractivity contribution in [1.82, 2.24) is 4.98 Å². The van der Waals surface area contributed by atoms with Crippen LogP contribution in [0.25, 0.3) is 21.9 Å². The monoisotopic (exact) mass is 452 g/mol.